The smallest absolute Gasteiger partial charge is 0.134 e. The lowest BCUT2D eigenvalue weighted by molar-refractivity contribution is 0.475. The Balaban J connectivity index is 2.19. The second-order valence-corrected chi connectivity index (χ2v) is 3.79. The van der Waals surface area contributed by atoms with Crippen molar-refractivity contribution >= 4 is 0 Å². The second-order valence-electron chi connectivity index (χ2n) is 3.79. The van der Waals surface area contributed by atoms with Gasteiger partial charge in [0.2, 0.25) is 0 Å². The maximum Gasteiger partial charge on any atom is 0.134 e. The topological polar surface area (TPSA) is 48.1 Å². The zero-order valence-corrected chi connectivity index (χ0v) is 9.89. The summed E-state index contributed by atoms with van der Waals surface area (Å²) in [6, 6.07) is 9.91. The van der Waals surface area contributed by atoms with E-state index in [0.717, 1.165) is 23.5 Å². The first kappa shape index (κ1) is 11.6. The maximum atomic E-state index is 5.78. The Morgan fingerprint density at radius 1 is 1.18 bits per heavy atom. The fraction of sp³-hybridized carbons (Fsp3) is 0.214. The number of nitrogens with zero attached hydrogens (tertiary/aromatic N) is 1. The molecule has 0 aliphatic heterocycles. The first-order chi connectivity index (χ1) is 8.33. The van der Waals surface area contributed by atoms with Crippen molar-refractivity contribution in [2.75, 3.05) is 0 Å². The van der Waals surface area contributed by atoms with E-state index in [-0.39, 0.29) is 0 Å². The molecule has 3 nitrogen and oxygen atoms in total. The molecule has 0 spiro atoms. The summed E-state index contributed by atoms with van der Waals surface area (Å²) in [4.78, 5) is 4.03. The zero-order chi connectivity index (χ0) is 12.1. The van der Waals surface area contributed by atoms with Crippen molar-refractivity contribution in [3.8, 4) is 11.5 Å². The molecule has 1 aromatic carbocycles. The van der Waals surface area contributed by atoms with E-state index in [0.29, 0.717) is 6.54 Å². The highest BCUT2D eigenvalue weighted by Gasteiger charge is 2.03. The van der Waals surface area contributed by atoms with Gasteiger partial charge in [-0.25, -0.2) is 0 Å². The maximum absolute atomic E-state index is 5.78. The van der Waals surface area contributed by atoms with E-state index in [4.69, 9.17) is 10.5 Å². The fourth-order valence-corrected chi connectivity index (χ4v) is 1.59. The normalized spacial score (nSPS) is 10.2. The Labute approximate surface area is 101 Å². The molecule has 3 heteroatoms. The van der Waals surface area contributed by atoms with Crippen LogP contribution >= 0.6 is 0 Å². The van der Waals surface area contributed by atoms with Crippen LogP contribution in [0.1, 0.15) is 18.1 Å². The average molecular weight is 228 g/mol. The van der Waals surface area contributed by atoms with Gasteiger partial charge in [0.1, 0.15) is 11.5 Å². The van der Waals surface area contributed by atoms with Crippen molar-refractivity contribution in [1.29, 1.82) is 0 Å². The third-order valence-corrected chi connectivity index (χ3v) is 2.64. The molecule has 1 heterocycles. The predicted molar refractivity (Wildman–Crippen MR) is 68.0 cm³/mol. The Morgan fingerprint density at radius 2 is 1.94 bits per heavy atom. The van der Waals surface area contributed by atoms with E-state index in [9.17, 15) is 0 Å². The van der Waals surface area contributed by atoms with E-state index in [1.165, 1.54) is 5.56 Å². The van der Waals surface area contributed by atoms with Crippen LogP contribution < -0.4 is 10.5 Å². The summed E-state index contributed by atoms with van der Waals surface area (Å²) in [5.74, 6) is 1.59. The molecular formula is C14H16N2O. The summed E-state index contributed by atoms with van der Waals surface area (Å²) in [5.41, 5.74) is 7.84. The van der Waals surface area contributed by atoms with Gasteiger partial charge in [0.15, 0.2) is 0 Å². The van der Waals surface area contributed by atoms with Gasteiger partial charge in [0, 0.05) is 24.5 Å². The van der Waals surface area contributed by atoms with Gasteiger partial charge in [-0.2, -0.15) is 0 Å². The number of ether oxygens (including phenoxy) is 1. The minimum Gasteiger partial charge on any atom is -0.457 e. The minimum atomic E-state index is 0.427. The average Bonchev–Trinajstić information content (AvgIpc) is 2.40. The molecule has 0 fully saturated rings. The summed E-state index contributed by atoms with van der Waals surface area (Å²) in [7, 11) is 0. The van der Waals surface area contributed by atoms with Gasteiger partial charge in [-0.1, -0.05) is 19.1 Å². The molecule has 0 aliphatic carbocycles. The summed E-state index contributed by atoms with van der Waals surface area (Å²) in [6.45, 7) is 2.56. The highest BCUT2D eigenvalue weighted by molar-refractivity contribution is 5.36. The quantitative estimate of drug-likeness (QED) is 0.875. The van der Waals surface area contributed by atoms with Crippen LogP contribution in [0.3, 0.4) is 0 Å². The monoisotopic (exact) mass is 228 g/mol. The molecule has 0 bridgehead atoms. The number of aryl methyl sites for hydroxylation is 1. The van der Waals surface area contributed by atoms with Crippen molar-refractivity contribution in [3.63, 3.8) is 0 Å². The van der Waals surface area contributed by atoms with E-state index in [1.807, 2.05) is 18.2 Å². The van der Waals surface area contributed by atoms with Crippen molar-refractivity contribution in [3.05, 3.63) is 53.9 Å². The Morgan fingerprint density at radius 3 is 2.59 bits per heavy atom. The predicted octanol–water partition coefficient (Wildman–Crippen LogP) is 2.90. The van der Waals surface area contributed by atoms with Gasteiger partial charge in [0.25, 0.3) is 0 Å². The van der Waals surface area contributed by atoms with Gasteiger partial charge in [0.05, 0.1) is 0 Å². The molecule has 2 N–H and O–H groups in total. The lowest BCUT2D eigenvalue weighted by Gasteiger charge is -2.09. The molecule has 17 heavy (non-hydrogen) atoms. The van der Waals surface area contributed by atoms with Crippen LogP contribution in [0.15, 0.2) is 42.7 Å². The molecule has 0 atom stereocenters. The number of hydrogen-bond donors (Lipinski definition) is 1. The number of pyridine rings is 1. The first-order valence-electron chi connectivity index (χ1n) is 5.73. The van der Waals surface area contributed by atoms with Gasteiger partial charge in [-0.15, -0.1) is 0 Å². The summed E-state index contributed by atoms with van der Waals surface area (Å²) in [5, 5.41) is 0. The third-order valence-electron chi connectivity index (χ3n) is 2.64. The van der Waals surface area contributed by atoms with Gasteiger partial charge in [-0.3, -0.25) is 4.98 Å². The highest BCUT2D eigenvalue weighted by atomic mass is 16.5. The van der Waals surface area contributed by atoms with Crippen molar-refractivity contribution in [1.82, 2.24) is 4.98 Å². The molecule has 2 aromatic rings. The van der Waals surface area contributed by atoms with Gasteiger partial charge >= 0.3 is 0 Å². The largest absolute Gasteiger partial charge is 0.457 e. The van der Waals surface area contributed by atoms with Crippen LogP contribution in [-0.2, 0) is 13.0 Å². The Bertz CT molecular complexity index is 480. The van der Waals surface area contributed by atoms with E-state index in [1.54, 1.807) is 12.4 Å². The van der Waals surface area contributed by atoms with Crippen molar-refractivity contribution in [2.24, 2.45) is 5.73 Å². The molecular weight excluding hydrogens is 212 g/mol. The molecule has 0 saturated heterocycles. The Hall–Kier alpha value is -1.87. The molecule has 88 valence electrons. The van der Waals surface area contributed by atoms with Gasteiger partial charge < -0.3 is 10.5 Å². The molecule has 0 aliphatic rings. The summed E-state index contributed by atoms with van der Waals surface area (Å²) < 4.78 is 5.78. The van der Waals surface area contributed by atoms with Gasteiger partial charge in [-0.05, 0) is 30.2 Å². The zero-order valence-electron chi connectivity index (χ0n) is 9.89. The lowest BCUT2D eigenvalue weighted by Crippen LogP contribution is -1.99. The standard InChI is InChI=1S/C14H16N2O/c1-2-11-3-5-13(6-4-11)17-14-7-8-16-10-12(14)9-15/h3-8,10H,2,9,15H2,1H3. The molecule has 2 rings (SSSR count). The Kier molecular flexibility index (Phi) is 3.73. The number of benzene rings is 1. The summed E-state index contributed by atoms with van der Waals surface area (Å²) >= 11 is 0. The lowest BCUT2D eigenvalue weighted by atomic mass is 10.2. The summed E-state index contributed by atoms with van der Waals surface area (Å²) in [6.07, 6.45) is 4.47. The molecule has 0 radical (unpaired) electrons. The van der Waals surface area contributed by atoms with Crippen LogP contribution in [-0.4, -0.2) is 4.98 Å². The first-order valence-corrected chi connectivity index (χ1v) is 5.73. The van der Waals surface area contributed by atoms with Crippen LogP contribution in [0.5, 0.6) is 11.5 Å². The minimum absolute atomic E-state index is 0.427. The van der Waals surface area contributed by atoms with Crippen LogP contribution in [0.4, 0.5) is 0 Å². The van der Waals surface area contributed by atoms with E-state index in [2.05, 4.69) is 24.0 Å². The number of hydrogen-bond acceptors (Lipinski definition) is 3. The van der Waals surface area contributed by atoms with E-state index < -0.39 is 0 Å². The third kappa shape index (κ3) is 2.82. The van der Waals surface area contributed by atoms with Crippen LogP contribution in [0, 0.1) is 0 Å². The van der Waals surface area contributed by atoms with Crippen molar-refractivity contribution in [2.45, 2.75) is 19.9 Å². The molecule has 1 aromatic heterocycles. The highest BCUT2D eigenvalue weighted by Crippen LogP contribution is 2.24. The SMILES string of the molecule is CCc1ccc(Oc2ccncc2CN)cc1. The van der Waals surface area contributed by atoms with Crippen LogP contribution in [0.25, 0.3) is 0 Å². The van der Waals surface area contributed by atoms with E-state index >= 15 is 0 Å². The van der Waals surface area contributed by atoms with Crippen LogP contribution in [0.2, 0.25) is 0 Å². The fourth-order valence-electron chi connectivity index (χ4n) is 1.59. The molecule has 0 amide bonds. The number of aromatic nitrogens is 1. The molecule has 0 saturated carbocycles. The molecule has 0 unspecified atom stereocenters. The van der Waals surface area contributed by atoms with Crippen molar-refractivity contribution < 1.29 is 4.74 Å². The second kappa shape index (κ2) is 5.46. The number of rotatable bonds is 4. The number of nitrogens with two attached hydrogens (primary N) is 1.